The first-order chi connectivity index (χ1) is 23.1. The minimum absolute atomic E-state index is 0.0874. The number of unbranched alkanes of at least 4 members (excludes halogenated alkanes) is 13. The van der Waals surface area contributed by atoms with Gasteiger partial charge in [-0.05, 0) is 31.4 Å². The van der Waals surface area contributed by atoms with E-state index < -0.39 is 51.1 Å². The predicted octanol–water partition coefficient (Wildman–Crippen LogP) is 4.92. The molecule has 1 saturated heterocycles. The average Bonchev–Trinajstić information content (AvgIpc) is 3.62. The zero-order valence-corrected chi connectivity index (χ0v) is 29.2. The van der Waals surface area contributed by atoms with Gasteiger partial charge in [-0.1, -0.05) is 90.4 Å². The van der Waals surface area contributed by atoms with Crippen molar-refractivity contribution in [3.8, 4) is 6.07 Å². The van der Waals surface area contributed by atoms with Crippen LogP contribution in [0.15, 0.2) is 18.5 Å². The summed E-state index contributed by atoms with van der Waals surface area (Å²) in [5.41, 5.74) is 4.23. The zero-order chi connectivity index (χ0) is 34.8. The van der Waals surface area contributed by atoms with Gasteiger partial charge in [0.1, 0.15) is 36.2 Å². The van der Waals surface area contributed by atoms with E-state index in [9.17, 15) is 30.0 Å². The summed E-state index contributed by atoms with van der Waals surface area (Å²) < 4.78 is 35.2. The summed E-state index contributed by atoms with van der Waals surface area (Å²) in [5, 5.41) is 45.7. The number of hydrogen-bond acceptors (Lipinski definition) is 12. The topological polar surface area (TPSA) is 215 Å². The van der Waals surface area contributed by atoms with Crippen molar-refractivity contribution in [1.82, 2.24) is 14.6 Å². The molecule has 6 N–H and O–H groups in total. The second-order valence-corrected chi connectivity index (χ2v) is 14.1. The van der Waals surface area contributed by atoms with Gasteiger partial charge in [-0.25, -0.2) is 14.1 Å². The second kappa shape index (κ2) is 21.1. The number of rotatable bonds is 26. The summed E-state index contributed by atoms with van der Waals surface area (Å²) in [7, 11) is -4.65. The first kappa shape index (κ1) is 40.3. The highest BCUT2D eigenvalue weighted by molar-refractivity contribution is 7.47. The highest BCUT2D eigenvalue weighted by Gasteiger charge is 2.58. The van der Waals surface area contributed by atoms with Gasteiger partial charge in [0, 0.05) is 13.2 Å². The van der Waals surface area contributed by atoms with Crippen LogP contribution in [0.4, 0.5) is 5.82 Å². The van der Waals surface area contributed by atoms with Gasteiger partial charge in [-0.15, -0.1) is 0 Å². The normalized spacial score (nSPS) is 23.0. The van der Waals surface area contributed by atoms with Crippen LogP contribution in [0.2, 0.25) is 0 Å². The molecule has 2 aromatic heterocycles. The van der Waals surface area contributed by atoms with Crippen LogP contribution in [0.3, 0.4) is 0 Å². The SMILES string of the molecule is CCCCCCCCCOCCCCCCCCCC[C@@H](O)COP(=O)(O)OC[C@H]1O[C@@](C#N)(c2ccc3c(N)ncnn23)[C@@H](O)C1O. The Hall–Kier alpha value is -2.18. The number of phosphoric acid groups is 1. The van der Waals surface area contributed by atoms with Crippen molar-refractivity contribution >= 4 is 19.2 Å². The number of nitriles is 1. The van der Waals surface area contributed by atoms with Gasteiger partial charge in [0.15, 0.2) is 5.82 Å². The van der Waals surface area contributed by atoms with E-state index in [4.69, 9.17) is 24.3 Å². The fraction of sp³-hybridized carbons (Fsp3) is 0.788. The van der Waals surface area contributed by atoms with Crippen molar-refractivity contribution in [1.29, 1.82) is 5.26 Å². The summed E-state index contributed by atoms with van der Waals surface area (Å²) in [5.74, 6) is 0.134. The molecule has 0 radical (unpaired) electrons. The Labute approximate surface area is 284 Å². The number of phosphoric ester groups is 1. The van der Waals surface area contributed by atoms with Crippen LogP contribution in [0.1, 0.15) is 115 Å². The first-order valence-electron chi connectivity index (χ1n) is 17.6. The van der Waals surface area contributed by atoms with E-state index in [-0.39, 0.29) is 11.5 Å². The molecule has 15 heteroatoms. The first-order valence-corrected chi connectivity index (χ1v) is 19.1. The van der Waals surface area contributed by atoms with Crippen LogP contribution >= 0.6 is 7.82 Å². The zero-order valence-electron chi connectivity index (χ0n) is 28.3. The smallest absolute Gasteiger partial charge is 0.391 e. The van der Waals surface area contributed by atoms with Gasteiger partial charge < -0.3 is 35.4 Å². The van der Waals surface area contributed by atoms with E-state index >= 15 is 0 Å². The number of aliphatic hydroxyl groups excluding tert-OH is 3. The summed E-state index contributed by atoms with van der Waals surface area (Å²) in [6, 6.07) is 4.88. The Morgan fingerprint density at radius 1 is 1.00 bits per heavy atom. The molecule has 1 fully saturated rings. The van der Waals surface area contributed by atoms with Crippen LogP contribution < -0.4 is 5.73 Å². The Morgan fingerprint density at radius 2 is 1.60 bits per heavy atom. The molecule has 2 unspecified atom stereocenters. The van der Waals surface area contributed by atoms with Gasteiger partial charge in [0.25, 0.3) is 0 Å². The van der Waals surface area contributed by atoms with Crippen molar-refractivity contribution in [3.63, 3.8) is 0 Å². The van der Waals surface area contributed by atoms with Gasteiger partial charge in [0.2, 0.25) is 5.60 Å². The number of nitrogen functional groups attached to an aromatic ring is 1. The number of fused-ring (bicyclic) bond motifs is 1. The van der Waals surface area contributed by atoms with Crippen molar-refractivity contribution in [2.75, 3.05) is 32.2 Å². The third-order valence-electron chi connectivity index (χ3n) is 8.79. The van der Waals surface area contributed by atoms with Crippen LogP contribution in [0.5, 0.6) is 0 Å². The van der Waals surface area contributed by atoms with Gasteiger partial charge in [-0.2, -0.15) is 10.4 Å². The minimum Gasteiger partial charge on any atom is -0.391 e. The molecule has 2 aromatic rings. The predicted molar refractivity (Wildman–Crippen MR) is 180 cm³/mol. The lowest BCUT2D eigenvalue weighted by Crippen LogP contribution is -2.41. The lowest BCUT2D eigenvalue weighted by atomic mass is 9.92. The maximum atomic E-state index is 12.5. The van der Waals surface area contributed by atoms with Crippen molar-refractivity contribution in [2.24, 2.45) is 0 Å². The van der Waals surface area contributed by atoms with E-state index in [0.717, 1.165) is 45.3 Å². The standard InChI is InChI=1S/C33H56N5O9P/c1-2-3-4-5-9-12-15-20-44-21-16-13-10-7-6-8-11-14-17-26(39)22-45-48(42,43)46-23-28-30(40)31(41)33(24-34,47-28)29-19-18-27-32(35)36-25-37-38(27)29/h18-19,25-26,28,30-31,39-41H,2-17,20-23H2,1H3,(H,42,43)(H2,35,36,37)/t26-,28-,30?,31+,33+/m1/s1. The van der Waals surface area contributed by atoms with E-state index in [1.165, 1.54) is 87.2 Å². The molecule has 0 spiro atoms. The Bertz CT molecular complexity index is 1290. The molecule has 1 aliphatic rings. The Balaban J connectivity index is 1.23. The number of aromatic nitrogens is 3. The molecule has 6 atom stereocenters. The van der Waals surface area contributed by atoms with Crippen LogP contribution in [0.25, 0.3) is 5.52 Å². The van der Waals surface area contributed by atoms with E-state index in [1.54, 1.807) is 0 Å². The summed E-state index contributed by atoms with van der Waals surface area (Å²) in [6.45, 7) is 2.89. The molecule has 3 rings (SSSR count). The molecule has 48 heavy (non-hydrogen) atoms. The maximum absolute atomic E-state index is 12.5. The Morgan fingerprint density at radius 3 is 2.23 bits per heavy atom. The molecule has 0 aliphatic carbocycles. The van der Waals surface area contributed by atoms with Crippen LogP contribution in [0, 0.1) is 11.3 Å². The number of anilines is 1. The van der Waals surface area contributed by atoms with Gasteiger partial charge >= 0.3 is 7.82 Å². The average molecular weight is 698 g/mol. The van der Waals surface area contributed by atoms with Crippen LogP contribution in [-0.2, 0) is 28.7 Å². The number of nitrogens with two attached hydrogens (primary N) is 1. The molecular formula is C33H56N5O9P. The molecule has 3 heterocycles. The van der Waals surface area contributed by atoms with Crippen molar-refractivity contribution in [2.45, 2.75) is 140 Å². The summed E-state index contributed by atoms with van der Waals surface area (Å²) in [4.78, 5) is 14.0. The minimum atomic E-state index is -4.65. The van der Waals surface area contributed by atoms with Gasteiger partial charge in [0.05, 0.1) is 25.0 Å². The van der Waals surface area contributed by atoms with E-state index in [1.807, 2.05) is 6.07 Å². The lowest BCUT2D eigenvalue weighted by Gasteiger charge is -2.24. The maximum Gasteiger partial charge on any atom is 0.472 e. The molecular weight excluding hydrogens is 641 g/mol. The largest absolute Gasteiger partial charge is 0.472 e. The molecule has 1 aliphatic heterocycles. The number of ether oxygens (including phenoxy) is 2. The highest BCUT2D eigenvalue weighted by atomic mass is 31.2. The second-order valence-electron chi connectivity index (χ2n) is 12.7. The quantitative estimate of drug-likeness (QED) is 0.0652. The summed E-state index contributed by atoms with van der Waals surface area (Å²) >= 11 is 0. The van der Waals surface area contributed by atoms with Crippen molar-refractivity contribution < 1.29 is 43.3 Å². The van der Waals surface area contributed by atoms with Crippen LogP contribution in [-0.4, -0.2) is 85.7 Å². The molecule has 0 saturated carbocycles. The molecule has 0 aromatic carbocycles. The molecule has 0 amide bonds. The monoisotopic (exact) mass is 697 g/mol. The van der Waals surface area contributed by atoms with E-state index in [2.05, 4.69) is 17.0 Å². The molecule has 14 nitrogen and oxygen atoms in total. The third-order valence-corrected chi connectivity index (χ3v) is 9.74. The van der Waals surface area contributed by atoms with E-state index in [0.29, 0.717) is 11.9 Å². The lowest BCUT2D eigenvalue weighted by molar-refractivity contribution is -0.0649. The fourth-order valence-corrected chi connectivity index (χ4v) is 6.70. The molecule has 0 bridgehead atoms. The van der Waals surface area contributed by atoms with Crippen molar-refractivity contribution in [3.05, 3.63) is 24.2 Å². The van der Waals surface area contributed by atoms with Gasteiger partial charge in [-0.3, -0.25) is 9.05 Å². The Kier molecular flexibility index (Phi) is 17.7. The third kappa shape index (κ3) is 12.3. The number of aliphatic hydroxyl groups is 3. The summed E-state index contributed by atoms with van der Waals surface area (Å²) in [6.07, 6.45) is 13.5. The number of nitrogens with zero attached hydrogens (tertiary/aromatic N) is 4. The fourth-order valence-electron chi connectivity index (χ4n) is 5.93. The molecule has 272 valence electrons. The number of hydrogen-bond donors (Lipinski definition) is 5. The highest BCUT2D eigenvalue weighted by Crippen LogP contribution is 2.46.